The highest BCUT2D eigenvalue weighted by Crippen LogP contribution is 2.19. The fraction of sp³-hybridized carbons (Fsp3) is 0.0667. The normalized spacial score (nSPS) is 10.5. The number of rotatable bonds is 3. The highest BCUT2D eigenvalue weighted by atomic mass is 16.3. The fourth-order valence-electron chi connectivity index (χ4n) is 1.99. The molecule has 6 nitrogen and oxygen atoms in total. The smallest absolute Gasteiger partial charge is 0.321 e. The van der Waals surface area contributed by atoms with Crippen molar-refractivity contribution >= 4 is 23.0 Å². The monoisotopic (exact) mass is 282 g/mol. The van der Waals surface area contributed by atoms with E-state index in [-0.39, 0.29) is 11.8 Å². The van der Waals surface area contributed by atoms with Gasteiger partial charge in [0.05, 0.1) is 11.0 Å². The van der Waals surface area contributed by atoms with Crippen LogP contribution in [0.3, 0.4) is 0 Å². The van der Waals surface area contributed by atoms with Gasteiger partial charge in [0.1, 0.15) is 5.75 Å². The van der Waals surface area contributed by atoms with Crippen LogP contribution in [-0.2, 0) is 6.54 Å². The number of urea groups is 1. The molecule has 0 saturated heterocycles. The summed E-state index contributed by atoms with van der Waals surface area (Å²) in [4.78, 5) is 18.9. The van der Waals surface area contributed by atoms with Gasteiger partial charge in [-0.2, -0.15) is 0 Å². The van der Waals surface area contributed by atoms with Crippen molar-refractivity contribution < 1.29 is 9.90 Å². The van der Waals surface area contributed by atoms with E-state index in [2.05, 4.69) is 20.6 Å². The molecule has 106 valence electrons. The highest BCUT2D eigenvalue weighted by Gasteiger charge is 2.07. The Morgan fingerprint density at radius 3 is 2.81 bits per heavy atom. The van der Waals surface area contributed by atoms with Crippen LogP contribution in [0.15, 0.2) is 48.5 Å². The third-order valence-electron chi connectivity index (χ3n) is 2.99. The van der Waals surface area contributed by atoms with Crippen LogP contribution < -0.4 is 10.6 Å². The second kappa shape index (κ2) is 5.54. The Morgan fingerprint density at radius 2 is 2.00 bits per heavy atom. The molecule has 0 saturated carbocycles. The Morgan fingerprint density at radius 1 is 1.19 bits per heavy atom. The van der Waals surface area contributed by atoms with E-state index in [0.29, 0.717) is 23.5 Å². The molecule has 4 N–H and O–H groups in total. The molecule has 0 unspecified atom stereocenters. The number of imidazole rings is 1. The van der Waals surface area contributed by atoms with Crippen molar-refractivity contribution in [2.24, 2.45) is 0 Å². The largest absolute Gasteiger partial charge is 0.508 e. The van der Waals surface area contributed by atoms with Gasteiger partial charge in [0.2, 0.25) is 5.95 Å². The van der Waals surface area contributed by atoms with E-state index in [0.717, 1.165) is 5.56 Å². The maximum atomic E-state index is 11.8. The SMILES string of the molecule is O=C(NCc1ccccc1)Nc1nc2ccc(O)cc2[nH]1. The molecule has 3 aromatic rings. The summed E-state index contributed by atoms with van der Waals surface area (Å²) in [6.45, 7) is 0.438. The van der Waals surface area contributed by atoms with Crippen molar-refractivity contribution in [1.82, 2.24) is 15.3 Å². The lowest BCUT2D eigenvalue weighted by Crippen LogP contribution is -2.28. The number of carbonyl (C=O) groups is 1. The van der Waals surface area contributed by atoms with E-state index >= 15 is 0 Å². The molecule has 6 heteroatoms. The van der Waals surface area contributed by atoms with Crippen LogP contribution in [0.4, 0.5) is 10.7 Å². The molecule has 0 aliphatic heterocycles. The van der Waals surface area contributed by atoms with Crippen molar-refractivity contribution in [1.29, 1.82) is 0 Å². The third-order valence-corrected chi connectivity index (χ3v) is 2.99. The summed E-state index contributed by atoms with van der Waals surface area (Å²) in [5.74, 6) is 0.479. The quantitative estimate of drug-likeness (QED) is 0.595. The molecule has 2 amide bonds. The number of hydrogen-bond acceptors (Lipinski definition) is 3. The summed E-state index contributed by atoms with van der Waals surface area (Å²) in [6.07, 6.45) is 0. The predicted octanol–water partition coefficient (Wildman–Crippen LogP) is 2.59. The third kappa shape index (κ3) is 3.11. The first-order valence-corrected chi connectivity index (χ1v) is 6.48. The fourth-order valence-corrected chi connectivity index (χ4v) is 1.99. The van der Waals surface area contributed by atoms with Crippen molar-refractivity contribution in [3.8, 4) is 5.75 Å². The maximum Gasteiger partial charge on any atom is 0.321 e. The molecule has 1 aromatic heterocycles. The van der Waals surface area contributed by atoms with Gasteiger partial charge in [-0.1, -0.05) is 30.3 Å². The summed E-state index contributed by atoms with van der Waals surface area (Å²) >= 11 is 0. The number of amides is 2. The molecule has 0 bridgehead atoms. The van der Waals surface area contributed by atoms with Gasteiger partial charge in [-0.15, -0.1) is 0 Å². The van der Waals surface area contributed by atoms with E-state index in [1.54, 1.807) is 18.2 Å². The van der Waals surface area contributed by atoms with E-state index in [4.69, 9.17) is 0 Å². The lowest BCUT2D eigenvalue weighted by atomic mass is 10.2. The number of phenols is 1. The average molecular weight is 282 g/mol. The molecule has 0 fully saturated rings. The van der Waals surface area contributed by atoms with Gasteiger partial charge in [0.25, 0.3) is 0 Å². The molecule has 3 rings (SSSR count). The number of hydrogen-bond donors (Lipinski definition) is 4. The van der Waals surface area contributed by atoms with Crippen molar-refractivity contribution in [2.45, 2.75) is 6.54 Å². The van der Waals surface area contributed by atoms with Crippen molar-refractivity contribution in [3.63, 3.8) is 0 Å². The van der Waals surface area contributed by atoms with Crippen molar-refractivity contribution in [2.75, 3.05) is 5.32 Å². The number of anilines is 1. The molecule has 0 aliphatic rings. The summed E-state index contributed by atoms with van der Waals surface area (Å²) in [7, 11) is 0. The summed E-state index contributed by atoms with van der Waals surface area (Å²) in [5.41, 5.74) is 2.35. The lowest BCUT2D eigenvalue weighted by molar-refractivity contribution is 0.251. The van der Waals surface area contributed by atoms with Crippen LogP contribution in [0.5, 0.6) is 5.75 Å². The number of aromatic hydroxyl groups is 1. The molecular weight excluding hydrogens is 268 g/mol. The number of aromatic amines is 1. The van der Waals surface area contributed by atoms with Gasteiger partial charge < -0.3 is 15.4 Å². The first-order valence-electron chi connectivity index (χ1n) is 6.48. The number of benzene rings is 2. The topological polar surface area (TPSA) is 90.0 Å². The van der Waals surface area contributed by atoms with E-state index in [9.17, 15) is 9.90 Å². The Bertz CT molecular complexity index is 768. The minimum atomic E-state index is -0.345. The standard InChI is InChI=1S/C15H14N4O2/c20-11-6-7-12-13(8-11)18-14(17-12)19-15(21)16-9-10-4-2-1-3-5-10/h1-8,20H,9H2,(H3,16,17,18,19,21). The maximum absolute atomic E-state index is 11.8. The van der Waals surface area contributed by atoms with Crippen molar-refractivity contribution in [3.05, 3.63) is 54.1 Å². The predicted molar refractivity (Wildman–Crippen MR) is 80.1 cm³/mol. The van der Waals surface area contributed by atoms with Gasteiger partial charge >= 0.3 is 6.03 Å². The number of aromatic nitrogens is 2. The Kier molecular flexibility index (Phi) is 3.42. The molecule has 0 aliphatic carbocycles. The zero-order chi connectivity index (χ0) is 14.7. The Hall–Kier alpha value is -3.02. The number of fused-ring (bicyclic) bond motifs is 1. The van der Waals surface area contributed by atoms with Gasteiger partial charge in [0, 0.05) is 12.6 Å². The molecule has 0 radical (unpaired) electrons. The Balaban J connectivity index is 1.63. The van der Waals surface area contributed by atoms with Gasteiger partial charge in [-0.05, 0) is 17.7 Å². The van der Waals surface area contributed by atoms with Gasteiger partial charge in [-0.25, -0.2) is 9.78 Å². The average Bonchev–Trinajstić information content (AvgIpc) is 2.87. The molecule has 0 atom stereocenters. The summed E-state index contributed by atoms with van der Waals surface area (Å²) in [6, 6.07) is 14.1. The minimum absolute atomic E-state index is 0.145. The van der Waals surface area contributed by atoms with Crippen LogP contribution in [0, 0.1) is 0 Å². The van der Waals surface area contributed by atoms with Gasteiger partial charge in [0.15, 0.2) is 0 Å². The molecule has 1 heterocycles. The number of H-pyrrole nitrogens is 1. The second-order valence-corrected chi connectivity index (χ2v) is 4.58. The summed E-state index contributed by atoms with van der Waals surface area (Å²) in [5, 5.41) is 14.8. The minimum Gasteiger partial charge on any atom is -0.508 e. The van der Waals surface area contributed by atoms with E-state index in [1.807, 2.05) is 30.3 Å². The zero-order valence-electron chi connectivity index (χ0n) is 11.1. The first-order chi connectivity index (χ1) is 10.2. The number of phenolic OH excluding ortho intramolecular Hbond substituents is 1. The van der Waals surface area contributed by atoms with E-state index in [1.165, 1.54) is 0 Å². The number of nitrogens with zero attached hydrogens (tertiary/aromatic N) is 1. The van der Waals surface area contributed by atoms with Gasteiger partial charge in [-0.3, -0.25) is 5.32 Å². The van der Waals surface area contributed by atoms with Crippen LogP contribution in [-0.4, -0.2) is 21.1 Å². The molecular formula is C15H14N4O2. The molecule has 2 aromatic carbocycles. The number of nitrogens with one attached hydrogen (secondary N) is 3. The first kappa shape index (κ1) is 13.0. The Labute approximate surface area is 120 Å². The number of carbonyl (C=O) groups excluding carboxylic acids is 1. The van der Waals surface area contributed by atoms with Crippen LogP contribution in [0.25, 0.3) is 11.0 Å². The highest BCUT2D eigenvalue weighted by molar-refractivity contribution is 5.89. The lowest BCUT2D eigenvalue weighted by Gasteiger charge is -2.05. The summed E-state index contributed by atoms with van der Waals surface area (Å²) < 4.78 is 0. The molecule has 0 spiro atoms. The second-order valence-electron chi connectivity index (χ2n) is 4.58. The zero-order valence-corrected chi connectivity index (χ0v) is 11.1. The van der Waals surface area contributed by atoms with Crippen LogP contribution >= 0.6 is 0 Å². The van der Waals surface area contributed by atoms with Crippen LogP contribution in [0.2, 0.25) is 0 Å². The molecule has 21 heavy (non-hydrogen) atoms. The van der Waals surface area contributed by atoms with Crippen LogP contribution in [0.1, 0.15) is 5.56 Å². The van der Waals surface area contributed by atoms with E-state index < -0.39 is 0 Å².